The van der Waals surface area contributed by atoms with E-state index in [0.717, 1.165) is 34.6 Å². The van der Waals surface area contributed by atoms with E-state index in [1.165, 1.54) is 19.3 Å². The monoisotopic (exact) mass is 560 g/mol. The molecule has 1 saturated heterocycles. The second-order valence-electron chi connectivity index (χ2n) is 8.55. The summed E-state index contributed by atoms with van der Waals surface area (Å²) in [4.78, 5) is 70.6. The highest BCUT2D eigenvalue weighted by atomic mass is 16.7. The van der Waals surface area contributed by atoms with Crippen LogP contribution >= 0.6 is 0 Å². The van der Waals surface area contributed by atoms with E-state index in [1.807, 2.05) is 0 Å². The smallest absolute Gasteiger partial charge is 0.303 e. The van der Waals surface area contributed by atoms with E-state index in [2.05, 4.69) is 0 Å². The predicted molar refractivity (Wildman–Crippen MR) is 123 cm³/mol. The Morgan fingerprint density at radius 1 is 0.590 bits per heavy atom. The maximum atomic E-state index is 12.0. The second kappa shape index (κ2) is 14.4. The Labute approximate surface area is 223 Å². The Morgan fingerprint density at radius 3 is 1.59 bits per heavy atom. The van der Waals surface area contributed by atoms with Crippen LogP contribution in [0.4, 0.5) is 0 Å². The molecular weight excluding hydrogens is 528 g/mol. The van der Waals surface area contributed by atoms with Crippen molar-refractivity contribution in [3.8, 4) is 0 Å². The average molecular weight is 561 g/mol. The third kappa shape index (κ3) is 9.83. The van der Waals surface area contributed by atoms with Gasteiger partial charge in [0, 0.05) is 41.5 Å². The molecule has 2 aliphatic heterocycles. The molecule has 0 radical (unpaired) electrons. The van der Waals surface area contributed by atoms with E-state index >= 15 is 0 Å². The zero-order valence-electron chi connectivity index (χ0n) is 22.3. The first-order valence-corrected chi connectivity index (χ1v) is 11.9. The first-order valence-electron chi connectivity index (χ1n) is 11.9. The average Bonchev–Trinajstić information content (AvgIpc) is 2.80. The van der Waals surface area contributed by atoms with E-state index in [-0.39, 0.29) is 6.61 Å². The van der Waals surface area contributed by atoms with Crippen LogP contribution in [-0.4, -0.2) is 98.0 Å². The van der Waals surface area contributed by atoms with Gasteiger partial charge in [-0.2, -0.15) is 0 Å². The number of hydrogen-bond acceptors (Lipinski definition) is 15. The molecule has 0 unspecified atom stereocenters. The first-order chi connectivity index (χ1) is 18.3. The first kappa shape index (κ1) is 31.5. The van der Waals surface area contributed by atoms with Gasteiger partial charge in [0.15, 0.2) is 36.8 Å². The molecule has 0 aromatic carbocycles. The predicted octanol–water partition coefficient (Wildman–Crippen LogP) is -0.138. The maximum absolute atomic E-state index is 12.0. The highest BCUT2D eigenvalue weighted by molar-refractivity contribution is 5.69. The van der Waals surface area contributed by atoms with Crippen LogP contribution in [0.5, 0.6) is 0 Å². The van der Waals surface area contributed by atoms with Crippen LogP contribution in [0.2, 0.25) is 0 Å². The minimum atomic E-state index is -1.58. The summed E-state index contributed by atoms with van der Waals surface area (Å²) in [6.07, 6.45) is -7.97. The molecule has 2 rings (SSSR count). The number of esters is 6. The van der Waals surface area contributed by atoms with Crippen molar-refractivity contribution in [2.75, 3.05) is 13.2 Å². The summed E-state index contributed by atoms with van der Waals surface area (Å²) in [6, 6.07) is 0. The molecule has 2 heterocycles. The van der Waals surface area contributed by atoms with E-state index in [9.17, 15) is 28.8 Å². The van der Waals surface area contributed by atoms with Gasteiger partial charge in [-0.15, -0.1) is 0 Å². The van der Waals surface area contributed by atoms with Gasteiger partial charge in [0.1, 0.15) is 25.4 Å². The highest BCUT2D eigenvalue weighted by Crippen LogP contribution is 2.32. The van der Waals surface area contributed by atoms with E-state index in [1.54, 1.807) is 0 Å². The summed E-state index contributed by atoms with van der Waals surface area (Å²) in [5.74, 6) is -4.43. The van der Waals surface area contributed by atoms with Gasteiger partial charge in [0.05, 0.1) is 6.26 Å². The summed E-state index contributed by atoms with van der Waals surface area (Å²) < 4.78 is 49.0. The van der Waals surface area contributed by atoms with Crippen molar-refractivity contribution in [1.82, 2.24) is 0 Å². The fourth-order valence-corrected chi connectivity index (χ4v) is 3.87. The minimum absolute atomic E-state index is 0.326. The molecule has 15 nitrogen and oxygen atoms in total. The van der Waals surface area contributed by atoms with Crippen LogP contribution in [0, 0.1) is 0 Å². The fraction of sp³-hybridized carbons (Fsp3) is 0.667. The lowest BCUT2D eigenvalue weighted by molar-refractivity contribution is -0.328. The van der Waals surface area contributed by atoms with Gasteiger partial charge in [0.2, 0.25) is 0 Å². The third-order valence-electron chi connectivity index (χ3n) is 5.20. The molecule has 1 fully saturated rings. The van der Waals surface area contributed by atoms with Gasteiger partial charge in [-0.25, -0.2) is 0 Å². The van der Waals surface area contributed by atoms with E-state index in [0.29, 0.717) is 0 Å². The molecule has 39 heavy (non-hydrogen) atoms. The highest BCUT2D eigenvalue weighted by Gasteiger charge is 2.54. The standard InChI is InChI=1S/C24H32O15/c1-11(25)32-9-18-20(17(7-8-31-18)34-13(3)27)39-24-23(37-16(6)30)22(36-15(5)29)21(35-14(4)28)19(38-24)10-33-12(2)26/h7-8,17-24H,9-10H2,1-6H3/t17-,18+,19+,20-,21-,22-,23-,24-/m1/s1. The van der Waals surface area contributed by atoms with Crippen molar-refractivity contribution in [3.63, 3.8) is 0 Å². The van der Waals surface area contributed by atoms with Crippen molar-refractivity contribution in [2.45, 2.75) is 90.6 Å². The van der Waals surface area contributed by atoms with Crippen LogP contribution in [0.1, 0.15) is 41.5 Å². The fourth-order valence-electron chi connectivity index (χ4n) is 3.87. The minimum Gasteiger partial charge on any atom is -0.492 e. The number of carbonyl (C=O) groups is 6. The van der Waals surface area contributed by atoms with Crippen LogP contribution in [0.15, 0.2) is 12.3 Å². The molecule has 0 spiro atoms. The number of rotatable bonds is 10. The summed E-state index contributed by atoms with van der Waals surface area (Å²) in [6.45, 7) is 5.92. The summed E-state index contributed by atoms with van der Waals surface area (Å²) in [5.41, 5.74) is 0. The van der Waals surface area contributed by atoms with Crippen molar-refractivity contribution >= 4 is 35.8 Å². The lowest BCUT2D eigenvalue weighted by Crippen LogP contribution is -2.64. The Kier molecular flexibility index (Phi) is 11.7. The molecule has 0 amide bonds. The van der Waals surface area contributed by atoms with Gasteiger partial charge >= 0.3 is 35.8 Å². The summed E-state index contributed by atoms with van der Waals surface area (Å²) >= 11 is 0. The quantitative estimate of drug-likeness (QED) is 0.254. The molecule has 2 aliphatic rings. The largest absolute Gasteiger partial charge is 0.492 e. The Hall–Kier alpha value is -3.72. The van der Waals surface area contributed by atoms with Crippen molar-refractivity contribution in [3.05, 3.63) is 12.3 Å². The summed E-state index contributed by atoms with van der Waals surface area (Å²) in [5, 5.41) is 0. The normalized spacial score (nSPS) is 29.7. The topological polar surface area (TPSA) is 185 Å². The van der Waals surface area contributed by atoms with Crippen LogP contribution in [0.25, 0.3) is 0 Å². The van der Waals surface area contributed by atoms with Gasteiger partial charge in [-0.3, -0.25) is 28.8 Å². The lowest BCUT2D eigenvalue weighted by Gasteiger charge is -2.46. The zero-order valence-corrected chi connectivity index (χ0v) is 22.3. The molecule has 0 N–H and O–H groups in total. The van der Waals surface area contributed by atoms with Crippen molar-refractivity contribution in [1.29, 1.82) is 0 Å². The van der Waals surface area contributed by atoms with Crippen molar-refractivity contribution in [2.24, 2.45) is 0 Å². The Balaban J connectivity index is 2.52. The van der Waals surface area contributed by atoms with Gasteiger partial charge in [-0.05, 0) is 6.08 Å². The molecule has 0 aromatic rings. The Morgan fingerprint density at radius 2 is 1.08 bits per heavy atom. The number of ether oxygens (including phenoxy) is 9. The van der Waals surface area contributed by atoms with Crippen LogP contribution in [-0.2, 0) is 71.4 Å². The molecule has 0 aromatic heterocycles. The molecule has 0 aliphatic carbocycles. The molecule has 8 atom stereocenters. The van der Waals surface area contributed by atoms with E-state index < -0.39 is 91.4 Å². The van der Waals surface area contributed by atoms with Crippen molar-refractivity contribution < 1.29 is 71.4 Å². The molecular formula is C24H32O15. The van der Waals surface area contributed by atoms with Crippen LogP contribution < -0.4 is 0 Å². The van der Waals surface area contributed by atoms with Crippen LogP contribution in [0.3, 0.4) is 0 Å². The second-order valence-corrected chi connectivity index (χ2v) is 8.55. The molecule has 0 saturated carbocycles. The third-order valence-corrected chi connectivity index (χ3v) is 5.20. The summed E-state index contributed by atoms with van der Waals surface area (Å²) in [7, 11) is 0. The molecule has 0 bridgehead atoms. The maximum Gasteiger partial charge on any atom is 0.303 e. The van der Waals surface area contributed by atoms with Gasteiger partial charge in [-0.1, -0.05) is 0 Å². The SMILES string of the molecule is CC(=O)OC[C@@H]1O[C@H](O[C@H]2[C@H](COC(C)=O)OC=C[C@H]2OC(C)=O)[C@H](OC(C)=O)[C@H](OC(C)=O)[C@@H]1OC(C)=O. The number of carbonyl (C=O) groups excluding carboxylic acids is 6. The lowest BCUT2D eigenvalue weighted by atomic mass is 9.97. The van der Waals surface area contributed by atoms with Gasteiger partial charge < -0.3 is 42.6 Å². The number of hydrogen-bond donors (Lipinski definition) is 0. The molecule has 218 valence electrons. The molecule has 15 heteroatoms. The van der Waals surface area contributed by atoms with E-state index in [4.69, 9.17) is 42.6 Å². The van der Waals surface area contributed by atoms with Gasteiger partial charge in [0.25, 0.3) is 0 Å². The zero-order chi connectivity index (χ0) is 29.3. The Bertz CT molecular complexity index is 959.